The van der Waals surface area contributed by atoms with E-state index in [9.17, 15) is 9.18 Å². The van der Waals surface area contributed by atoms with E-state index in [0.717, 1.165) is 47.5 Å². The molecule has 0 bridgehead atoms. The summed E-state index contributed by atoms with van der Waals surface area (Å²) in [6.07, 6.45) is 10.4. The molecule has 0 saturated heterocycles. The average Bonchev–Trinajstić information content (AvgIpc) is 2.98. The summed E-state index contributed by atoms with van der Waals surface area (Å²) in [6, 6.07) is 8.87. The second-order valence-corrected chi connectivity index (χ2v) is 7.41. The van der Waals surface area contributed by atoms with Crippen molar-refractivity contribution in [1.82, 2.24) is 9.88 Å². The van der Waals surface area contributed by atoms with Crippen molar-refractivity contribution in [2.45, 2.75) is 25.7 Å². The summed E-state index contributed by atoms with van der Waals surface area (Å²) in [7, 11) is 0. The van der Waals surface area contributed by atoms with Gasteiger partial charge in [0.25, 0.3) is 0 Å². The van der Waals surface area contributed by atoms with Gasteiger partial charge in [0, 0.05) is 36.6 Å². The van der Waals surface area contributed by atoms with Crippen LogP contribution in [0.4, 0.5) is 10.2 Å². The van der Waals surface area contributed by atoms with Crippen molar-refractivity contribution >= 4 is 23.4 Å². The number of rotatable bonds is 3. The zero-order valence-electron chi connectivity index (χ0n) is 16.3. The van der Waals surface area contributed by atoms with Gasteiger partial charge in [0.2, 0.25) is 5.91 Å². The van der Waals surface area contributed by atoms with Gasteiger partial charge in [-0.25, -0.2) is 9.37 Å². The molecule has 29 heavy (non-hydrogen) atoms. The molecule has 2 aliphatic heterocycles. The van der Waals surface area contributed by atoms with E-state index in [1.165, 1.54) is 6.07 Å². The lowest BCUT2D eigenvalue weighted by atomic mass is 10.0. The van der Waals surface area contributed by atoms with Crippen molar-refractivity contribution in [2.75, 3.05) is 18.4 Å². The number of aromatic nitrogens is 1. The van der Waals surface area contributed by atoms with E-state index in [2.05, 4.69) is 22.9 Å². The molecule has 0 saturated carbocycles. The van der Waals surface area contributed by atoms with Gasteiger partial charge in [-0.3, -0.25) is 4.79 Å². The fourth-order valence-corrected chi connectivity index (χ4v) is 3.76. The zero-order chi connectivity index (χ0) is 20.2. The van der Waals surface area contributed by atoms with Gasteiger partial charge in [-0.15, -0.1) is 0 Å². The largest absolute Gasteiger partial charge is 0.344 e. The Morgan fingerprint density at radius 1 is 1.21 bits per heavy atom. The number of nitrogens with one attached hydrogen (secondary N) is 1. The first kappa shape index (κ1) is 19.1. The number of carbonyl (C=O) groups is 1. The van der Waals surface area contributed by atoms with E-state index in [4.69, 9.17) is 0 Å². The first-order valence-electron chi connectivity index (χ1n) is 9.95. The maximum absolute atomic E-state index is 14.1. The van der Waals surface area contributed by atoms with Gasteiger partial charge in [0.05, 0.1) is 0 Å². The third-order valence-electron chi connectivity index (χ3n) is 5.37. The summed E-state index contributed by atoms with van der Waals surface area (Å²) >= 11 is 0. The zero-order valence-corrected chi connectivity index (χ0v) is 16.3. The van der Waals surface area contributed by atoms with Crippen LogP contribution in [0.2, 0.25) is 0 Å². The highest BCUT2D eigenvalue weighted by Gasteiger charge is 2.17. The Labute approximate surface area is 170 Å². The number of hydrogen-bond donors (Lipinski definition) is 1. The van der Waals surface area contributed by atoms with Gasteiger partial charge in [0.1, 0.15) is 11.6 Å². The summed E-state index contributed by atoms with van der Waals surface area (Å²) in [5.74, 6) is 0.609. The van der Waals surface area contributed by atoms with E-state index < -0.39 is 0 Å². The number of aryl methyl sites for hydroxylation is 1. The molecular formula is C24H24FN3O. The van der Waals surface area contributed by atoms with Gasteiger partial charge < -0.3 is 10.2 Å². The summed E-state index contributed by atoms with van der Waals surface area (Å²) in [5.41, 5.74) is 4.63. The Kier molecular flexibility index (Phi) is 5.56. The standard InChI is InChI=1S/C24H24FN3O/c1-17-8-10-20-15-18(16-26-24(20)27-17)9-11-23(29)28-13-4-5-19(12-14-28)21-6-2-3-7-22(21)25/h2-3,5-7,9,11,15-16H,1,4,8,10,12-14H2,(H,26,27)/b11-9+. The molecule has 4 nitrogen and oxygen atoms in total. The van der Waals surface area contributed by atoms with Crippen LogP contribution in [-0.4, -0.2) is 28.9 Å². The van der Waals surface area contributed by atoms with Crippen molar-refractivity contribution in [2.24, 2.45) is 0 Å². The third kappa shape index (κ3) is 4.45. The Bertz CT molecular complexity index is 1010. The molecule has 1 N–H and O–H groups in total. The van der Waals surface area contributed by atoms with Crippen molar-refractivity contribution in [3.63, 3.8) is 0 Å². The molecule has 1 aromatic carbocycles. The second-order valence-electron chi connectivity index (χ2n) is 7.41. The molecule has 0 aliphatic carbocycles. The van der Waals surface area contributed by atoms with Crippen LogP contribution in [0.1, 0.15) is 36.0 Å². The molecule has 148 valence electrons. The number of allylic oxidation sites excluding steroid dienone is 1. The molecule has 1 amide bonds. The van der Waals surface area contributed by atoms with Crippen LogP contribution < -0.4 is 5.32 Å². The highest BCUT2D eigenvalue weighted by atomic mass is 19.1. The van der Waals surface area contributed by atoms with Crippen LogP contribution >= 0.6 is 0 Å². The number of anilines is 1. The molecule has 0 unspecified atom stereocenters. The molecule has 0 fully saturated rings. The molecule has 5 heteroatoms. The quantitative estimate of drug-likeness (QED) is 0.766. The normalized spacial score (nSPS) is 16.8. The predicted molar refractivity (Wildman–Crippen MR) is 115 cm³/mol. The second kappa shape index (κ2) is 8.43. The monoisotopic (exact) mass is 389 g/mol. The van der Waals surface area contributed by atoms with Crippen molar-refractivity contribution in [3.05, 3.63) is 83.5 Å². The topological polar surface area (TPSA) is 45.2 Å². The molecular weight excluding hydrogens is 365 g/mol. The maximum Gasteiger partial charge on any atom is 0.246 e. The summed E-state index contributed by atoms with van der Waals surface area (Å²) in [6.45, 7) is 5.16. The summed E-state index contributed by atoms with van der Waals surface area (Å²) < 4.78 is 14.1. The van der Waals surface area contributed by atoms with Crippen LogP contribution in [0.15, 0.2) is 61.0 Å². The predicted octanol–water partition coefficient (Wildman–Crippen LogP) is 4.81. The number of halogens is 1. The van der Waals surface area contributed by atoms with E-state index in [-0.39, 0.29) is 11.7 Å². The Morgan fingerprint density at radius 2 is 2.07 bits per heavy atom. The fourth-order valence-electron chi connectivity index (χ4n) is 3.76. The van der Waals surface area contributed by atoms with Crippen LogP contribution in [0.3, 0.4) is 0 Å². The minimum atomic E-state index is -0.212. The van der Waals surface area contributed by atoms with E-state index in [0.29, 0.717) is 25.1 Å². The van der Waals surface area contributed by atoms with Crippen LogP contribution in [0, 0.1) is 5.82 Å². The van der Waals surface area contributed by atoms with E-state index >= 15 is 0 Å². The molecule has 4 rings (SSSR count). The number of fused-ring (bicyclic) bond motifs is 1. The minimum absolute atomic E-state index is 0.0302. The third-order valence-corrected chi connectivity index (χ3v) is 5.37. The number of amides is 1. The number of hydrogen-bond acceptors (Lipinski definition) is 3. The highest BCUT2D eigenvalue weighted by molar-refractivity contribution is 5.92. The SMILES string of the molecule is C=C1CCc2cc(/C=C/C(=O)N3CCC=C(c4ccccc4F)CC3)cnc2N1. The number of carbonyl (C=O) groups excluding carboxylic acids is 1. The molecule has 2 aromatic rings. The van der Waals surface area contributed by atoms with E-state index in [1.54, 1.807) is 24.4 Å². The lowest BCUT2D eigenvalue weighted by molar-refractivity contribution is -0.125. The number of pyridine rings is 1. The Hall–Kier alpha value is -3.21. The molecule has 2 aliphatic rings. The van der Waals surface area contributed by atoms with E-state index in [1.807, 2.05) is 23.1 Å². The number of benzene rings is 1. The molecule has 3 heterocycles. The maximum atomic E-state index is 14.1. The van der Waals surface area contributed by atoms with Gasteiger partial charge in [-0.1, -0.05) is 30.9 Å². The van der Waals surface area contributed by atoms with Gasteiger partial charge in [-0.2, -0.15) is 0 Å². The summed E-state index contributed by atoms with van der Waals surface area (Å²) in [4.78, 5) is 18.9. The fraction of sp³-hybridized carbons (Fsp3) is 0.250. The van der Waals surface area contributed by atoms with Gasteiger partial charge in [0.15, 0.2) is 0 Å². The van der Waals surface area contributed by atoms with Crippen LogP contribution in [-0.2, 0) is 11.2 Å². The minimum Gasteiger partial charge on any atom is -0.344 e. The lowest BCUT2D eigenvalue weighted by Gasteiger charge is -2.19. The molecule has 0 radical (unpaired) electrons. The number of nitrogens with zero attached hydrogens (tertiary/aromatic N) is 2. The van der Waals surface area contributed by atoms with Gasteiger partial charge >= 0.3 is 0 Å². The van der Waals surface area contributed by atoms with Crippen molar-refractivity contribution in [3.8, 4) is 0 Å². The molecule has 1 aromatic heterocycles. The highest BCUT2D eigenvalue weighted by Crippen LogP contribution is 2.26. The Balaban J connectivity index is 1.39. The first-order valence-corrected chi connectivity index (χ1v) is 9.95. The van der Waals surface area contributed by atoms with Crippen molar-refractivity contribution in [1.29, 1.82) is 0 Å². The van der Waals surface area contributed by atoms with Crippen LogP contribution in [0.25, 0.3) is 11.6 Å². The summed E-state index contributed by atoms with van der Waals surface area (Å²) in [5, 5.41) is 3.19. The molecule has 0 spiro atoms. The first-order chi connectivity index (χ1) is 14.1. The van der Waals surface area contributed by atoms with Crippen molar-refractivity contribution < 1.29 is 9.18 Å². The lowest BCUT2D eigenvalue weighted by Crippen LogP contribution is -2.30. The smallest absolute Gasteiger partial charge is 0.246 e. The van der Waals surface area contributed by atoms with Crippen LogP contribution in [0.5, 0.6) is 0 Å². The van der Waals surface area contributed by atoms with Gasteiger partial charge in [-0.05, 0) is 60.6 Å². The Morgan fingerprint density at radius 3 is 2.93 bits per heavy atom. The molecule has 0 atom stereocenters. The average molecular weight is 389 g/mol.